The Kier molecular flexibility index (Phi) is 6.96. The highest BCUT2D eigenvalue weighted by Crippen LogP contribution is 2.16. The standard InChI is InChI=1S/C15H20N2O2S/c1-12(8-9-20-3)17(2)15(18)11-19-14-7-5-4-6-13(14)10-16/h4-7,12H,8-9,11H2,1-3H3. The number of carbonyl (C=O) groups excluding carboxylic acids is 1. The smallest absolute Gasteiger partial charge is 0.260 e. The van der Waals surface area contributed by atoms with E-state index < -0.39 is 0 Å². The number of amides is 1. The summed E-state index contributed by atoms with van der Waals surface area (Å²) in [5.41, 5.74) is 0.443. The van der Waals surface area contributed by atoms with E-state index in [9.17, 15) is 4.79 Å². The molecule has 1 atom stereocenters. The molecule has 0 aliphatic heterocycles. The summed E-state index contributed by atoms with van der Waals surface area (Å²) in [7, 11) is 1.78. The van der Waals surface area contributed by atoms with Gasteiger partial charge in [0.05, 0.1) is 5.56 Å². The third-order valence-corrected chi connectivity index (χ3v) is 3.80. The number of likely N-dealkylation sites (N-methyl/N-ethyl adjacent to an activating group) is 1. The normalized spacial score (nSPS) is 11.5. The van der Waals surface area contributed by atoms with Crippen LogP contribution in [0, 0.1) is 11.3 Å². The Morgan fingerprint density at radius 2 is 2.20 bits per heavy atom. The van der Waals surface area contributed by atoms with E-state index in [1.807, 2.05) is 13.0 Å². The van der Waals surface area contributed by atoms with Crippen molar-refractivity contribution in [1.82, 2.24) is 4.90 Å². The maximum atomic E-state index is 12.0. The molecular formula is C15H20N2O2S. The van der Waals surface area contributed by atoms with Crippen molar-refractivity contribution in [2.24, 2.45) is 0 Å². The first-order valence-corrected chi connectivity index (χ1v) is 7.86. The Bertz CT molecular complexity index is 485. The summed E-state index contributed by atoms with van der Waals surface area (Å²) in [6.07, 6.45) is 3.01. The van der Waals surface area contributed by atoms with Gasteiger partial charge in [-0.25, -0.2) is 0 Å². The van der Waals surface area contributed by atoms with E-state index in [1.165, 1.54) is 0 Å². The Morgan fingerprint density at radius 1 is 1.50 bits per heavy atom. The Labute approximate surface area is 124 Å². The van der Waals surface area contributed by atoms with Gasteiger partial charge in [0.2, 0.25) is 0 Å². The second-order valence-electron chi connectivity index (χ2n) is 4.53. The maximum absolute atomic E-state index is 12.0. The average molecular weight is 292 g/mol. The molecule has 0 fully saturated rings. The summed E-state index contributed by atoms with van der Waals surface area (Å²) >= 11 is 1.77. The lowest BCUT2D eigenvalue weighted by molar-refractivity contribution is -0.133. The van der Waals surface area contributed by atoms with E-state index in [0.717, 1.165) is 12.2 Å². The summed E-state index contributed by atoms with van der Waals surface area (Å²) in [5.74, 6) is 1.40. The molecule has 0 spiro atoms. The molecule has 0 bridgehead atoms. The molecule has 0 saturated carbocycles. The molecule has 1 aromatic rings. The minimum absolute atomic E-state index is 0.0429. The molecule has 108 valence electrons. The SMILES string of the molecule is CSCCC(C)N(C)C(=O)COc1ccccc1C#N. The summed E-state index contributed by atoms with van der Waals surface area (Å²) in [5, 5.41) is 8.95. The first kappa shape index (κ1) is 16.4. The molecule has 1 rings (SSSR count). The Morgan fingerprint density at radius 3 is 2.85 bits per heavy atom. The molecule has 0 aromatic heterocycles. The number of rotatable bonds is 7. The third-order valence-electron chi connectivity index (χ3n) is 3.15. The number of benzene rings is 1. The molecule has 0 radical (unpaired) electrons. The number of nitriles is 1. The van der Waals surface area contributed by atoms with E-state index >= 15 is 0 Å². The highest BCUT2D eigenvalue weighted by molar-refractivity contribution is 7.98. The summed E-state index contributed by atoms with van der Waals surface area (Å²) < 4.78 is 5.45. The predicted molar refractivity (Wildman–Crippen MR) is 81.9 cm³/mol. The van der Waals surface area contributed by atoms with Gasteiger partial charge in [-0.2, -0.15) is 17.0 Å². The highest BCUT2D eigenvalue weighted by atomic mass is 32.2. The fraction of sp³-hybridized carbons (Fsp3) is 0.467. The van der Waals surface area contributed by atoms with Crippen LogP contribution in [0.15, 0.2) is 24.3 Å². The maximum Gasteiger partial charge on any atom is 0.260 e. The van der Waals surface area contributed by atoms with Crippen molar-refractivity contribution in [3.63, 3.8) is 0 Å². The zero-order chi connectivity index (χ0) is 15.0. The third kappa shape index (κ3) is 4.78. The summed E-state index contributed by atoms with van der Waals surface area (Å²) in [6.45, 7) is 1.98. The lowest BCUT2D eigenvalue weighted by atomic mass is 10.2. The molecular weight excluding hydrogens is 272 g/mol. The van der Waals surface area contributed by atoms with Gasteiger partial charge in [0.25, 0.3) is 5.91 Å². The topological polar surface area (TPSA) is 53.3 Å². The minimum atomic E-state index is -0.0775. The quantitative estimate of drug-likeness (QED) is 0.775. The zero-order valence-electron chi connectivity index (χ0n) is 12.1. The molecule has 0 aliphatic carbocycles. The first-order chi connectivity index (χ1) is 9.60. The molecule has 0 aliphatic rings. The van der Waals surface area contributed by atoms with Crippen LogP contribution < -0.4 is 4.74 Å². The molecule has 5 heteroatoms. The minimum Gasteiger partial charge on any atom is -0.482 e. The van der Waals surface area contributed by atoms with E-state index in [1.54, 1.807) is 48.0 Å². The number of thioether (sulfide) groups is 1. The number of para-hydroxylation sites is 1. The average Bonchev–Trinajstić information content (AvgIpc) is 2.49. The van der Waals surface area contributed by atoms with Crippen LogP contribution in [0.3, 0.4) is 0 Å². The fourth-order valence-corrected chi connectivity index (χ4v) is 2.23. The van der Waals surface area contributed by atoms with Gasteiger partial charge in [0.1, 0.15) is 11.8 Å². The van der Waals surface area contributed by atoms with Crippen LogP contribution in [-0.4, -0.2) is 42.5 Å². The lowest BCUT2D eigenvalue weighted by Crippen LogP contribution is -2.38. The molecule has 0 N–H and O–H groups in total. The van der Waals surface area contributed by atoms with Gasteiger partial charge in [0.15, 0.2) is 6.61 Å². The van der Waals surface area contributed by atoms with Crippen molar-refractivity contribution < 1.29 is 9.53 Å². The van der Waals surface area contributed by atoms with Gasteiger partial charge in [-0.05, 0) is 37.5 Å². The van der Waals surface area contributed by atoms with Crippen molar-refractivity contribution in [2.75, 3.05) is 25.7 Å². The van der Waals surface area contributed by atoms with E-state index in [4.69, 9.17) is 10.00 Å². The van der Waals surface area contributed by atoms with Crippen LogP contribution in [0.25, 0.3) is 0 Å². The second-order valence-corrected chi connectivity index (χ2v) is 5.52. The van der Waals surface area contributed by atoms with Gasteiger partial charge in [0, 0.05) is 13.1 Å². The van der Waals surface area contributed by atoms with Crippen molar-refractivity contribution in [1.29, 1.82) is 5.26 Å². The van der Waals surface area contributed by atoms with Gasteiger partial charge < -0.3 is 9.64 Å². The molecule has 20 heavy (non-hydrogen) atoms. The Balaban J connectivity index is 2.52. The monoisotopic (exact) mass is 292 g/mol. The number of hydrogen-bond acceptors (Lipinski definition) is 4. The van der Waals surface area contributed by atoms with Gasteiger partial charge >= 0.3 is 0 Å². The Hall–Kier alpha value is -1.67. The first-order valence-electron chi connectivity index (χ1n) is 6.46. The van der Waals surface area contributed by atoms with Crippen molar-refractivity contribution in [2.45, 2.75) is 19.4 Å². The van der Waals surface area contributed by atoms with Gasteiger partial charge in [-0.3, -0.25) is 4.79 Å². The highest BCUT2D eigenvalue weighted by Gasteiger charge is 2.16. The van der Waals surface area contributed by atoms with E-state index in [0.29, 0.717) is 11.3 Å². The van der Waals surface area contributed by atoms with Crippen molar-refractivity contribution >= 4 is 17.7 Å². The molecule has 0 saturated heterocycles. The van der Waals surface area contributed by atoms with Gasteiger partial charge in [-0.1, -0.05) is 12.1 Å². The van der Waals surface area contributed by atoms with Crippen LogP contribution in [0.4, 0.5) is 0 Å². The van der Waals surface area contributed by atoms with Crippen LogP contribution in [0.5, 0.6) is 5.75 Å². The van der Waals surface area contributed by atoms with Crippen LogP contribution in [0.1, 0.15) is 18.9 Å². The summed E-state index contributed by atoms with van der Waals surface area (Å²) in [6, 6.07) is 9.15. The van der Waals surface area contributed by atoms with Crippen LogP contribution >= 0.6 is 11.8 Å². The van der Waals surface area contributed by atoms with Crippen LogP contribution in [0.2, 0.25) is 0 Å². The molecule has 0 heterocycles. The number of nitrogens with zero attached hydrogens (tertiary/aromatic N) is 2. The fourth-order valence-electron chi connectivity index (χ4n) is 1.65. The predicted octanol–water partition coefficient (Wildman–Crippen LogP) is 2.54. The van der Waals surface area contributed by atoms with Gasteiger partial charge in [-0.15, -0.1) is 0 Å². The molecule has 1 aromatic carbocycles. The van der Waals surface area contributed by atoms with E-state index in [-0.39, 0.29) is 18.6 Å². The largest absolute Gasteiger partial charge is 0.482 e. The number of carbonyl (C=O) groups is 1. The lowest BCUT2D eigenvalue weighted by Gasteiger charge is -2.24. The second kappa shape index (κ2) is 8.49. The number of hydrogen-bond donors (Lipinski definition) is 0. The van der Waals surface area contributed by atoms with Crippen LogP contribution in [-0.2, 0) is 4.79 Å². The van der Waals surface area contributed by atoms with E-state index in [2.05, 4.69) is 6.26 Å². The zero-order valence-corrected chi connectivity index (χ0v) is 12.9. The molecule has 4 nitrogen and oxygen atoms in total. The van der Waals surface area contributed by atoms with Crippen molar-refractivity contribution in [3.8, 4) is 11.8 Å². The molecule has 1 amide bonds. The van der Waals surface area contributed by atoms with Crippen molar-refractivity contribution in [3.05, 3.63) is 29.8 Å². The number of ether oxygens (including phenoxy) is 1. The molecule has 1 unspecified atom stereocenters. The summed E-state index contributed by atoms with van der Waals surface area (Å²) in [4.78, 5) is 13.7.